The normalized spacial score (nSPS) is 28.4. The monoisotopic (exact) mass is 187 g/mol. The van der Waals surface area contributed by atoms with Crippen molar-refractivity contribution in [1.29, 1.82) is 0 Å². The van der Waals surface area contributed by atoms with Crippen LogP contribution in [0.5, 0.6) is 0 Å². The number of aliphatic hydroxyl groups excluding tert-OH is 2. The number of piperidine rings is 1. The number of hydrogen-bond acceptors (Lipinski definition) is 3. The Morgan fingerprint density at radius 1 is 1.46 bits per heavy atom. The maximum Gasteiger partial charge on any atom is 0.0839 e. The summed E-state index contributed by atoms with van der Waals surface area (Å²) in [6, 6.07) is 0. The number of hydrogen-bond donors (Lipinski definition) is 3. The van der Waals surface area contributed by atoms with Gasteiger partial charge in [-0.05, 0) is 31.7 Å². The number of nitrogens with one attached hydrogen (secondary N) is 1. The topological polar surface area (TPSA) is 52.5 Å². The average Bonchev–Trinajstić information content (AvgIpc) is 2.18. The van der Waals surface area contributed by atoms with Gasteiger partial charge >= 0.3 is 0 Å². The van der Waals surface area contributed by atoms with E-state index in [0.29, 0.717) is 6.42 Å². The SMILES string of the molecule is CCCC(O)C(O)C1CCCNC1. The van der Waals surface area contributed by atoms with Crippen molar-refractivity contribution in [2.45, 2.75) is 44.8 Å². The van der Waals surface area contributed by atoms with Gasteiger partial charge < -0.3 is 15.5 Å². The van der Waals surface area contributed by atoms with Crippen molar-refractivity contribution in [3.63, 3.8) is 0 Å². The molecule has 0 aromatic rings. The lowest BCUT2D eigenvalue weighted by atomic mass is 9.89. The lowest BCUT2D eigenvalue weighted by Crippen LogP contribution is -2.42. The number of rotatable bonds is 4. The Bertz CT molecular complexity index is 135. The molecule has 1 fully saturated rings. The number of aliphatic hydroxyl groups is 2. The Morgan fingerprint density at radius 3 is 2.77 bits per heavy atom. The zero-order valence-electron chi connectivity index (χ0n) is 8.37. The molecule has 1 saturated heterocycles. The van der Waals surface area contributed by atoms with Gasteiger partial charge in [0, 0.05) is 6.54 Å². The zero-order chi connectivity index (χ0) is 9.68. The third kappa shape index (κ3) is 3.25. The quantitative estimate of drug-likeness (QED) is 0.601. The molecule has 0 aliphatic carbocycles. The van der Waals surface area contributed by atoms with Crippen LogP contribution >= 0.6 is 0 Å². The van der Waals surface area contributed by atoms with E-state index in [2.05, 4.69) is 5.32 Å². The van der Waals surface area contributed by atoms with E-state index in [1.165, 1.54) is 0 Å². The molecule has 1 heterocycles. The van der Waals surface area contributed by atoms with Crippen molar-refractivity contribution in [3.05, 3.63) is 0 Å². The molecule has 3 N–H and O–H groups in total. The summed E-state index contributed by atoms with van der Waals surface area (Å²) in [7, 11) is 0. The highest BCUT2D eigenvalue weighted by Crippen LogP contribution is 2.18. The minimum atomic E-state index is -0.534. The van der Waals surface area contributed by atoms with Crippen LogP contribution in [0.2, 0.25) is 0 Å². The van der Waals surface area contributed by atoms with Crippen molar-refractivity contribution in [2.24, 2.45) is 5.92 Å². The fourth-order valence-electron chi connectivity index (χ4n) is 1.95. The molecular weight excluding hydrogens is 166 g/mol. The van der Waals surface area contributed by atoms with Gasteiger partial charge in [-0.15, -0.1) is 0 Å². The first-order chi connectivity index (χ1) is 6.25. The molecule has 0 amide bonds. The van der Waals surface area contributed by atoms with Crippen LogP contribution in [0.1, 0.15) is 32.6 Å². The van der Waals surface area contributed by atoms with E-state index in [-0.39, 0.29) is 5.92 Å². The molecule has 13 heavy (non-hydrogen) atoms. The van der Waals surface area contributed by atoms with Gasteiger partial charge in [-0.1, -0.05) is 13.3 Å². The molecule has 1 aliphatic rings. The summed E-state index contributed by atoms with van der Waals surface area (Å²) in [5.74, 6) is 0.246. The first-order valence-corrected chi connectivity index (χ1v) is 5.32. The second-order valence-corrected chi connectivity index (χ2v) is 3.95. The predicted molar refractivity (Wildman–Crippen MR) is 52.5 cm³/mol. The van der Waals surface area contributed by atoms with E-state index in [4.69, 9.17) is 0 Å². The maximum atomic E-state index is 9.78. The average molecular weight is 187 g/mol. The Balaban J connectivity index is 2.31. The van der Waals surface area contributed by atoms with Gasteiger partial charge in [0.05, 0.1) is 12.2 Å². The van der Waals surface area contributed by atoms with Crippen LogP contribution in [-0.2, 0) is 0 Å². The van der Waals surface area contributed by atoms with Crippen LogP contribution in [0.4, 0.5) is 0 Å². The van der Waals surface area contributed by atoms with Gasteiger partial charge in [0.2, 0.25) is 0 Å². The molecule has 0 saturated carbocycles. The summed E-state index contributed by atoms with van der Waals surface area (Å²) in [6.07, 6.45) is 2.72. The van der Waals surface area contributed by atoms with E-state index in [1.54, 1.807) is 0 Å². The summed E-state index contributed by atoms with van der Waals surface area (Å²) in [4.78, 5) is 0. The first kappa shape index (κ1) is 11.0. The van der Waals surface area contributed by atoms with E-state index < -0.39 is 12.2 Å². The second-order valence-electron chi connectivity index (χ2n) is 3.95. The van der Waals surface area contributed by atoms with Gasteiger partial charge in [0.25, 0.3) is 0 Å². The summed E-state index contributed by atoms with van der Waals surface area (Å²) < 4.78 is 0. The minimum absolute atomic E-state index is 0.246. The summed E-state index contributed by atoms with van der Waals surface area (Å²) in [6.45, 7) is 3.92. The van der Waals surface area contributed by atoms with Crippen LogP contribution in [0.3, 0.4) is 0 Å². The molecule has 0 radical (unpaired) electrons. The molecule has 78 valence electrons. The Kier molecular flexibility index (Phi) is 4.70. The van der Waals surface area contributed by atoms with Crippen LogP contribution in [0.15, 0.2) is 0 Å². The molecule has 1 aliphatic heterocycles. The third-order valence-electron chi connectivity index (χ3n) is 2.80. The standard InChI is InChI=1S/C10H21NO2/c1-2-4-9(12)10(13)8-5-3-6-11-7-8/h8-13H,2-7H2,1H3. The lowest BCUT2D eigenvalue weighted by Gasteiger charge is -2.30. The van der Waals surface area contributed by atoms with Gasteiger partial charge in [-0.3, -0.25) is 0 Å². The molecule has 0 aromatic heterocycles. The molecule has 3 unspecified atom stereocenters. The molecule has 0 spiro atoms. The van der Waals surface area contributed by atoms with E-state index in [9.17, 15) is 10.2 Å². The van der Waals surface area contributed by atoms with Crippen molar-refractivity contribution < 1.29 is 10.2 Å². The van der Waals surface area contributed by atoms with Crippen molar-refractivity contribution >= 4 is 0 Å². The predicted octanol–water partition coefficient (Wildman–Crippen LogP) is 0.508. The second kappa shape index (κ2) is 5.58. The third-order valence-corrected chi connectivity index (χ3v) is 2.80. The van der Waals surface area contributed by atoms with E-state index >= 15 is 0 Å². The zero-order valence-corrected chi connectivity index (χ0v) is 8.37. The molecule has 3 heteroatoms. The Labute approximate surface area is 80.2 Å². The van der Waals surface area contributed by atoms with Gasteiger partial charge in [0.15, 0.2) is 0 Å². The fourth-order valence-corrected chi connectivity index (χ4v) is 1.95. The minimum Gasteiger partial charge on any atom is -0.390 e. The van der Waals surface area contributed by atoms with Crippen molar-refractivity contribution in [2.75, 3.05) is 13.1 Å². The van der Waals surface area contributed by atoms with Crippen molar-refractivity contribution in [3.8, 4) is 0 Å². The summed E-state index contributed by atoms with van der Waals surface area (Å²) in [5, 5.41) is 22.6. The highest BCUT2D eigenvalue weighted by Gasteiger charge is 2.26. The largest absolute Gasteiger partial charge is 0.390 e. The Hall–Kier alpha value is -0.120. The molecule has 1 rings (SSSR count). The highest BCUT2D eigenvalue weighted by molar-refractivity contribution is 4.80. The molecule has 3 atom stereocenters. The van der Waals surface area contributed by atoms with Gasteiger partial charge in [0.1, 0.15) is 0 Å². The lowest BCUT2D eigenvalue weighted by molar-refractivity contribution is -0.0270. The fraction of sp³-hybridized carbons (Fsp3) is 1.00. The smallest absolute Gasteiger partial charge is 0.0839 e. The molecule has 0 bridgehead atoms. The highest BCUT2D eigenvalue weighted by atomic mass is 16.3. The molecular formula is C10H21NO2. The molecule has 0 aromatic carbocycles. The van der Waals surface area contributed by atoms with E-state index in [0.717, 1.165) is 32.4 Å². The van der Waals surface area contributed by atoms with Crippen LogP contribution in [-0.4, -0.2) is 35.5 Å². The summed E-state index contributed by atoms with van der Waals surface area (Å²) in [5.41, 5.74) is 0. The molecule has 3 nitrogen and oxygen atoms in total. The van der Waals surface area contributed by atoms with Gasteiger partial charge in [-0.25, -0.2) is 0 Å². The van der Waals surface area contributed by atoms with Crippen molar-refractivity contribution in [1.82, 2.24) is 5.32 Å². The van der Waals surface area contributed by atoms with Gasteiger partial charge in [-0.2, -0.15) is 0 Å². The first-order valence-electron chi connectivity index (χ1n) is 5.32. The Morgan fingerprint density at radius 2 is 2.23 bits per heavy atom. The van der Waals surface area contributed by atoms with Crippen LogP contribution in [0.25, 0.3) is 0 Å². The maximum absolute atomic E-state index is 9.78. The summed E-state index contributed by atoms with van der Waals surface area (Å²) >= 11 is 0. The van der Waals surface area contributed by atoms with Crippen LogP contribution < -0.4 is 5.32 Å². The van der Waals surface area contributed by atoms with E-state index in [1.807, 2.05) is 6.92 Å². The van der Waals surface area contributed by atoms with Crippen LogP contribution in [0, 0.1) is 5.92 Å².